The molecule has 5 nitrogen and oxygen atoms in total. The van der Waals surface area contributed by atoms with E-state index in [1.165, 1.54) is 0 Å². The number of ether oxygens (including phenoxy) is 2. The van der Waals surface area contributed by atoms with Gasteiger partial charge in [-0.3, -0.25) is 4.79 Å². The van der Waals surface area contributed by atoms with E-state index in [1.807, 2.05) is 13.8 Å². The molecule has 1 aromatic carbocycles. The first-order valence-electron chi connectivity index (χ1n) is 6.60. The first-order chi connectivity index (χ1) is 9.21. The highest BCUT2D eigenvalue weighted by Crippen LogP contribution is 2.30. The molecule has 0 aliphatic rings. The highest BCUT2D eigenvalue weighted by atomic mass is 16.5. The third-order valence-electron chi connectivity index (χ3n) is 2.34. The summed E-state index contributed by atoms with van der Waals surface area (Å²) in [6.07, 6.45) is 1.84. The maximum Gasteiger partial charge on any atom is 0.238 e. The summed E-state index contributed by atoms with van der Waals surface area (Å²) in [6.45, 7) is 5.28. The summed E-state index contributed by atoms with van der Waals surface area (Å²) in [5.74, 6) is 1.11. The largest absolute Gasteiger partial charge is 0.490 e. The van der Waals surface area contributed by atoms with Crippen molar-refractivity contribution in [2.75, 3.05) is 25.1 Å². The van der Waals surface area contributed by atoms with Crippen LogP contribution in [0.5, 0.6) is 11.5 Å². The van der Waals surface area contributed by atoms with Crippen LogP contribution >= 0.6 is 0 Å². The molecule has 1 amide bonds. The molecule has 1 aromatic rings. The number of hydrogen-bond acceptors (Lipinski definition) is 4. The average molecular weight is 266 g/mol. The molecule has 5 heteroatoms. The fraction of sp³-hybridized carbons (Fsp3) is 0.500. The number of carbonyl (C=O) groups is 1. The Balaban J connectivity index is 2.83. The third kappa shape index (κ3) is 5.18. The van der Waals surface area contributed by atoms with Gasteiger partial charge in [-0.15, -0.1) is 0 Å². The minimum atomic E-state index is -0.233. The van der Waals surface area contributed by atoms with Gasteiger partial charge in [0.15, 0.2) is 11.5 Å². The summed E-state index contributed by atoms with van der Waals surface area (Å²) in [5, 5.41) is 2.69. The molecular formula is C14H22N2O3. The molecule has 0 radical (unpaired) electrons. The molecule has 106 valence electrons. The van der Waals surface area contributed by atoms with Gasteiger partial charge in [0.1, 0.15) is 0 Å². The predicted octanol–water partition coefficient (Wildman–Crippen LogP) is 2.16. The van der Waals surface area contributed by atoms with Crippen LogP contribution in [-0.4, -0.2) is 25.7 Å². The van der Waals surface area contributed by atoms with E-state index in [0.717, 1.165) is 12.8 Å². The van der Waals surface area contributed by atoms with Crippen LogP contribution in [0.1, 0.15) is 26.7 Å². The SMILES string of the molecule is CCCOc1ccc(NC(=O)CN)cc1OCCC. The van der Waals surface area contributed by atoms with Crippen molar-refractivity contribution in [2.24, 2.45) is 5.73 Å². The Hall–Kier alpha value is -1.75. The standard InChI is InChI=1S/C14H22N2O3/c1-3-7-18-12-6-5-11(16-14(17)10-15)9-13(12)19-8-4-2/h5-6,9H,3-4,7-8,10,15H2,1-2H3,(H,16,17). The Bertz CT molecular complexity index is 408. The zero-order valence-corrected chi connectivity index (χ0v) is 11.6. The van der Waals surface area contributed by atoms with E-state index in [4.69, 9.17) is 15.2 Å². The zero-order chi connectivity index (χ0) is 14.1. The van der Waals surface area contributed by atoms with Crippen molar-refractivity contribution < 1.29 is 14.3 Å². The summed E-state index contributed by atoms with van der Waals surface area (Å²) in [5.41, 5.74) is 5.92. The lowest BCUT2D eigenvalue weighted by atomic mass is 10.2. The highest BCUT2D eigenvalue weighted by Gasteiger charge is 2.08. The van der Waals surface area contributed by atoms with Crippen LogP contribution in [0, 0.1) is 0 Å². The molecule has 19 heavy (non-hydrogen) atoms. The number of benzene rings is 1. The first-order valence-corrected chi connectivity index (χ1v) is 6.60. The molecule has 0 aliphatic heterocycles. The molecule has 0 aliphatic carbocycles. The zero-order valence-electron chi connectivity index (χ0n) is 11.6. The van der Waals surface area contributed by atoms with Crippen LogP contribution in [-0.2, 0) is 4.79 Å². The van der Waals surface area contributed by atoms with E-state index >= 15 is 0 Å². The summed E-state index contributed by atoms with van der Waals surface area (Å²) in [6, 6.07) is 5.33. The quantitative estimate of drug-likeness (QED) is 0.756. The molecule has 0 heterocycles. The van der Waals surface area contributed by atoms with Crippen molar-refractivity contribution in [3.8, 4) is 11.5 Å². The Morgan fingerprint density at radius 3 is 2.37 bits per heavy atom. The van der Waals surface area contributed by atoms with Gasteiger partial charge >= 0.3 is 0 Å². The normalized spacial score (nSPS) is 10.1. The lowest BCUT2D eigenvalue weighted by molar-refractivity contribution is -0.114. The fourth-order valence-electron chi connectivity index (χ4n) is 1.45. The summed E-state index contributed by atoms with van der Waals surface area (Å²) >= 11 is 0. The first kappa shape index (κ1) is 15.3. The summed E-state index contributed by atoms with van der Waals surface area (Å²) in [4.78, 5) is 11.3. The maximum absolute atomic E-state index is 11.3. The van der Waals surface area contributed by atoms with Crippen LogP contribution < -0.4 is 20.5 Å². The maximum atomic E-state index is 11.3. The van der Waals surface area contributed by atoms with Gasteiger partial charge in [-0.1, -0.05) is 13.8 Å². The molecule has 0 spiro atoms. The number of rotatable bonds is 8. The van der Waals surface area contributed by atoms with Crippen LogP contribution in [0.15, 0.2) is 18.2 Å². The van der Waals surface area contributed by atoms with Crippen LogP contribution in [0.25, 0.3) is 0 Å². The highest BCUT2D eigenvalue weighted by molar-refractivity contribution is 5.92. The van der Waals surface area contributed by atoms with Crippen molar-refractivity contribution in [3.63, 3.8) is 0 Å². The van der Waals surface area contributed by atoms with Gasteiger partial charge in [-0.2, -0.15) is 0 Å². The molecule has 0 aromatic heterocycles. The molecule has 0 saturated carbocycles. The van der Waals surface area contributed by atoms with E-state index in [0.29, 0.717) is 30.4 Å². The Morgan fingerprint density at radius 2 is 1.79 bits per heavy atom. The third-order valence-corrected chi connectivity index (χ3v) is 2.34. The van der Waals surface area contributed by atoms with Gasteiger partial charge < -0.3 is 20.5 Å². The molecule has 1 rings (SSSR count). The van der Waals surface area contributed by atoms with Crippen molar-refractivity contribution >= 4 is 11.6 Å². The van der Waals surface area contributed by atoms with Gasteiger partial charge in [-0.25, -0.2) is 0 Å². The van der Waals surface area contributed by atoms with Gasteiger partial charge in [0.05, 0.1) is 19.8 Å². The van der Waals surface area contributed by atoms with Crippen molar-refractivity contribution in [1.82, 2.24) is 0 Å². The lowest BCUT2D eigenvalue weighted by Crippen LogP contribution is -2.21. The number of hydrogen-bond donors (Lipinski definition) is 2. The monoisotopic (exact) mass is 266 g/mol. The van der Waals surface area contributed by atoms with E-state index in [1.54, 1.807) is 18.2 Å². The number of nitrogens with one attached hydrogen (secondary N) is 1. The van der Waals surface area contributed by atoms with Gasteiger partial charge in [0.25, 0.3) is 0 Å². The molecule has 0 bridgehead atoms. The van der Waals surface area contributed by atoms with Gasteiger partial charge in [0.2, 0.25) is 5.91 Å². The predicted molar refractivity (Wildman–Crippen MR) is 75.7 cm³/mol. The number of nitrogens with two attached hydrogens (primary N) is 1. The number of carbonyl (C=O) groups excluding carboxylic acids is 1. The molecule has 0 atom stereocenters. The fourth-order valence-corrected chi connectivity index (χ4v) is 1.45. The second-order valence-corrected chi connectivity index (χ2v) is 4.11. The van der Waals surface area contributed by atoms with Crippen LogP contribution in [0.3, 0.4) is 0 Å². The van der Waals surface area contributed by atoms with Crippen molar-refractivity contribution in [1.29, 1.82) is 0 Å². The van der Waals surface area contributed by atoms with E-state index < -0.39 is 0 Å². The number of anilines is 1. The number of amides is 1. The van der Waals surface area contributed by atoms with Crippen LogP contribution in [0.2, 0.25) is 0 Å². The molecular weight excluding hydrogens is 244 g/mol. The minimum Gasteiger partial charge on any atom is -0.490 e. The molecule has 0 fully saturated rings. The van der Waals surface area contributed by atoms with E-state index in [2.05, 4.69) is 5.32 Å². The second kappa shape index (κ2) is 8.37. The Kier molecular flexibility index (Phi) is 6.74. The Morgan fingerprint density at radius 1 is 1.16 bits per heavy atom. The smallest absolute Gasteiger partial charge is 0.238 e. The summed E-state index contributed by atoms with van der Waals surface area (Å²) < 4.78 is 11.2. The average Bonchev–Trinajstić information content (AvgIpc) is 2.43. The molecule has 0 unspecified atom stereocenters. The lowest BCUT2D eigenvalue weighted by Gasteiger charge is -2.13. The van der Waals surface area contributed by atoms with E-state index in [9.17, 15) is 4.79 Å². The minimum absolute atomic E-state index is 0.0424. The van der Waals surface area contributed by atoms with Gasteiger partial charge in [-0.05, 0) is 25.0 Å². The van der Waals surface area contributed by atoms with E-state index in [-0.39, 0.29) is 12.5 Å². The Labute approximate surface area is 114 Å². The topological polar surface area (TPSA) is 73.6 Å². The second-order valence-electron chi connectivity index (χ2n) is 4.11. The van der Waals surface area contributed by atoms with Crippen molar-refractivity contribution in [3.05, 3.63) is 18.2 Å². The van der Waals surface area contributed by atoms with Gasteiger partial charge in [0, 0.05) is 11.8 Å². The molecule has 0 saturated heterocycles. The van der Waals surface area contributed by atoms with Crippen LogP contribution in [0.4, 0.5) is 5.69 Å². The van der Waals surface area contributed by atoms with Crippen molar-refractivity contribution in [2.45, 2.75) is 26.7 Å². The summed E-state index contributed by atoms with van der Waals surface area (Å²) in [7, 11) is 0. The molecule has 3 N–H and O–H groups in total.